The van der Waals surface area contributed by atoms with Gasteiger partial charge in [-0.15, -0.1) is 12.4 Å². The van der Waals surface area contributed by atoms with E-state index < -0.39 is 42.3 Å². The highest BCUT2D eigenvalue weighted by atomic mass is 35.5. The van der Waals surface area contributed by atoms with Crippen molar-refractivity contribution < 1.29 is 49.0 Å². The number of likely N-dealkylation sites (tertiary alicyclic amines) is 1. The Labute approximate surface area is 310 Å². The van der Waals surface area contributed by atoms with Gasteiger partial charge >= 0.3 is 11.9 Å². The van der Waals surface area contributed by atoms with E-state index >= 15 is 0 Å². The predicted molar refractivity (Wildman–Crippen MR) is 196 cm³/mol. The lowest BCUT2D eigenvalue weighted by Gasteiger charge is -2.30. The molecule has 0 saturated carbocycles. The maximum atomic E-state index is 9.88. The van der Waals surface area contributed by atoms with Gasteiger partial charge in [0.15, 0.2) is 12.1 Å². The number of fused-ring (bicyclic) bond motifs is 3. The van der Waals surface area contributed by atoms with Crippen LogP contribution in [0.4, 0.5) is 0 Å². The highest BCUT2D eigenvalue weighted by molar-refractivity contribution is 7.99. The van der Waals surface area contributed by atoms with Crippen LogP contribution >= 0.6 is 24.2 Å². The molecule has 3 saturated heterocycles. The Hall–Kier alpha value is -2.82. The second-order valence-electron chi connectivity index (χ2n) is 13.2. The third-order valence-corrected chi connectivity index (χ3v) is 9.65. The number of benzene rings is 2. The van der Waals surface area contributed by atoms with Gasteiger partial charge < -0.3 is 49.2 Å². The molecule has 4 aliphatic rings. The van der Waals surface area contributed by atoms with Gasteiger partial charge in [-0.25, -0.2) is 9.59 Å². The molecule has 5 atom stereocenters. The molecule has 4 heterocycles. The van der Waals surface area contributed by atoms with Crippen molar-refractivity contribution in [1.29, 1.82) is 0 Å². The molecule has 6 rings (SSSR count). The molecule has 0 aliphatic carbocycles. The Morgan fingerprint density at radius 3 is 2.06 bits per heavy atom. The Morgan fingerprint density at radius 1 is 1.00 bits per heavy atom. The number of aliphatic carboxylic acids is 2. The normalized spacial score (nSPS) is 23.9. The summed E-state index contributed by atoms with van der Waals surface area (Å²) in [5.74, 6) is -3.24. The van der Waals surface area contributed by atoms with Gasteiger partial charge in [0.2, 0.25) is 0 Å². The Balaban J connectivity index is 0.000000225. The Bertz CT molecular complexity index is 1450. The summed E-state index contributed by atoms with van der Waals surface area (Å²) < 4.78 is 23.0. The van der Waals surface area contributed by atoms with Crippen LogP contribution in [0, 0.1) is 0 Å². The fraction of sp³-hybridized carbons (Fsp3) is 0.514. The number of rotatable bonds is 9. The topological polar surface area (TPSA) is 158 Å². The van der Waals surface area contributed by atoms with Crippen molar-refractivity contribution in [3.05, 3.63) is 77.4 Å². The molecule has 0 aromatic heterocycles. The van der Waals surface area contributed by atoms with Crippen molar-refractivity contribution in [1.82, 2.24) is 9.80 Å². The highest BCUT2D eigenvalue weighted by Crippen LogP contribution is 2.47. The first-order valence-corrected chi connectivity index (χ1v) is 17.6. The molecular weight excluding hydrogens is 700 g/mol. The number of carbonyl (C=O) groups is 2. The summed E-state index contributed by atoms with van der Waals surface area (Å²) in [5, 5.41) is 34.7. The molecular formula is C37H51ClN2O10S. The van der Waals surface area contributed by atoms with Gasteiger partial charge in [0.25, 0.3) is 0 Å². The first-order valence-electron chi connectivity index (χ1n) is 16.8. The Morgan fingerprint density at radius 2 is 1.55 bits per heavy atom. The lowest BCUT2D eigenvalue weighted by atomic mass is 9.88. The Kier molecular flexibility index (Phi) is 16.6. The summed E-state index contributed by atoms with van der Waals surface area (Å²) in [6.45, 7) is 7.05. The average Bonchev–Trinajstić information content (AvgIpc) is 3.56. The SMILES string of the molecule is CN(C)CCCOC1C(C(O)CO)OC2OC(C)(C)OC21.CN1CCC(=C2c3ccccc3Sc3ccccc32)CC1.Cl.O=C(O)C=CC(=O)O. The number of ether oxygens (including phenoxy) is 4. The van der Waals surface area contributed by atoms with Gasteiger partial charge in [-0.1, -0.05) is 53.7 Å². The molecule has 4 aliphatic heterocycles. The van der Waals surface area contributed by atoms with E-state index in [0.29, 0.717) is 18.8 Å². The van der Waals surface area contributed by atoms with Crippen molar-refractivity contribution in [2.45, 2.75) is 79.4 Å². The zero-order valence-corrected chi connectivity index (χ0v) is 31.4. The second-order valence-corrected chi connectivity index (χ2v) is 14.3. The zero-order valence-electron chi connectivity index (χ0n) is 29.8. The number of piperidine rings is 1. The van der Waals surface area contributed by atoms with Gasteiger partial charge in [0.1, 0.15) is 24.4 Å². The van der Waals surface area contributed by atoms with Crippen LogP contribution in [-0.2, 0) is 28.5 Å². The van der Waals surface area contributed by atoms with Crippen LogP contribution in [0.5, 0.6) is 0 Å². The smallest absolute Gasteiger partial charge is 0.328 e. The number of aliphatic hydroxyl groups excluding tert-OH is 2. The van der Waals surface area contributed by atoms with Gasteiger partial charge in [-0.05, 0) is 89.6 Å². The number of hydrogen-bond acceptors (Lipinski definition) is 11. The minimum atomic E-state index is -1.26. The summed E-state index contributed by atoms with van der Waals surface area (Å²) in [6.07, 6.45) is 1.33. The molecule has 4 N–H and O–H groups in total. The molecule has 12 nitrogen and oxygen atoms in total. The van der Waals surface area contributed by atoms with Crippen molar-refractivity contribution in [2.24, 2.45) is 0 Å². The van der Waals surface area contributed by atoms with E-state index in [4.69, 9.17) is 34.3 Å². The van der Waals surface area contributed by atoms with Gasteiger partial charge in [-0.2, -0.15) is 0 Å². The van der Waals surface area contributed by atoms with E-state index in [1.54, 1.807) is 5.57 Å². The molecule has 0 bridgehead atoms. The maximum Gasteiger partial charge on any atom is 0.328 e. The maximum absolute atomic E-state index is 9.88. The fourth-order valence-corrected chi connectivity index (χ4v) is 7.25. The second kappa shape index (κ2) is 19.9. The summed E-state index contributed by atoms with van der Waals surface area (Å²) >= 11 is 1.91. The molecule has 5 unspecified atom stereocenters. The largest absolute Gasteiger partial charge is 0.478 e. The number of hydrogen-bond donors (Lipinski definition) is 4. The first-order chi connectivity index (χ1) is 23.8. The summed E-state index contributed by atoms with van der Waals surface area (Å²) in [7, 11) is 6.23. The predicted octanol–water partition coefficient (Wildman–Crippen LogP) is 4.37. The van der Waals surface area contributed by atoms with Gasteiger partial charge in [0, 0.05) is 41.6 Å². The quantitative estimate of drug-likeness (QED) is 0.181. The van der Waals surface area contributed by atoms with Crippen LogP contribution in [0.3, 0.4) is 0 Å². The number of nitrogens with zero attached hydrogens (tertiary/aromatic N) is 2. The van der Waals surface area contributed by atoms with Gasteiger partial charge in [-0.3, -0.25) is 0 Å². The third kappa shape index (κ3) is 12.1. The van der Waals surface area contributed by atoms with E-state index in [2.05, 4.69) is 65.4 Å². The van der Waals surface area contributed by atoms with Crippen molar-refractivity contribution >= 4 is 41.7 Å². The summed E-state index contributed by atoms with van der Waals surface area (Å²) in [5.41, 5.74) is 6.00. The van der Waals surface area contributed by atoms with Gasteiger partial charge in [0.05, 0.1) is 6.61 Å². The monoisotopic (exact) mass is 750 g/mol. The van der Waals surface area contributed by atoms with E-state index in [1.165, 1.54) is 52.4 Å². The summed E-state index contributed by atoms with van der Waals surface area (Å²) in [6, 6.07) is 17.7. The van der Waals surface area contributed by atoms with Crippen LogP contribution in [0.1, 0.15) is 44.2 Å². The number of carboxylic acids is 2. The van der Waals surface area contributed by atoms with Crippen LogP contribution in [0.25, 0.3) is 5.57 Å². The molecule has 2 aromatic rings. The molecule has 0 spiro atoms. The van der Waals surface area contributed by atoms with E-state index in [0.717, 1.165) is 13.0 Å². The van der Waals surface area contributed by atoms with Crippen LogP contribution in [0.15, 0.2) is 76.0 Å². The van der Waals surface area contributed by atoms with Crippen LogP contribution in [-0.4, -0.2) is 133 Å². The number of halogens is 1. The van der Waals surface area contributed by atoms with Crippen LogP contribution < -0.4 is 0 Å². The summed E-state index contributed by atoms with van der Waals surface area (Å²) in [4.78, 5) is 26.4. The van der Waals surface area contributed by atoms with E-state index in [-0.39, 0.29) is 25.1 Å². The average molecular weight is 751 g/mol. The first kappa shape index (κ1) is 42.6. The molecule has 0 amide bonds. The highest BCUT2D eigenvalue weighted by Gasteiger charge is 2.56. The fourth-order valence-electron chi connectivity index (χ4n) is 6.16. The minimum absolute atomic E-state index is 0. The number of aliphatic hydroxyl groups is 2. The lowest BCUT2D eigenvalue weighted by Crippen LogP contribution is -2.44. The van der Waals surface area contributed by atoms with Crippen molar-refractivity contribution in [3.8, 4) is 0 Å². The standard InChI is InChI=1S/C19H19NS.C14H27NO6.C4H4O4.ClH/c1-20-12-10-14(11-13-20)19-15-6-2-4-8-17(15)21-18-9-5-3-7-16(18)19;1-14(2)20-12-11(18-7-5-6-15(3)4)10(9(17)8-16)19-13(12)21-14;5-3(6)1-2-4(7)8;/h2-9H,10-13H2,1H3;9-13,16-17H,5-8H2,1-4H3;1-2H,(H,5,6)(H,7,8);1H. The molecule has 282 valence electrons. The van der Waals surface area contributed by atoms with Crippen LogP contribution in [0.2, 0.25) is 0 Å². The molecule has 51 heavy (non-hydrogen) atoms. The molecule has 0 radical (unpaired) electrons. The minimum Gasteiger partial charge on any atom is -0.478 e. The molecule has 14 heteroatoms. The van der Waals surface area contributed by atoms with Crippen molar-refractivity contribution in [3.63, 3.8) is 0 Å². The lowest BCUT2D eigenvalue weighted by molar-refractivity contribution is -0.231. The molecule has 2 aromatic carbocycles. The van der Waals surface area contributed by atoms with E-state index in [1.807, 2.05) is 39.7 Å². The van der Waals surface area contributed by atoms with E-state index in [9.17, 15) is 14.7 Å². The zero-order chi connectivity index (χ0) is 36.4. The molecule has 3 fully saturated rings. The van der Waals surface area contributed by atoms with Crippen molar-refractivity contribution in [2.75, 3.05) is 54.0 Å². The number of carboxylic acid groups (broad SMARTS) is 2. The third-order valence-electron chi connectivity index (χ3n) is 8.50.